The molecular weight excluding hydrogens is 324 g/mol. The maximum Gasteiger partial charge on any atom is 0.247 e. The van der Waals surface area contributed by atoms with Gasteiger partial charge in [-0.15, -0.1) is 11.3 Å². The maximum absolute atomic E-state index is 12.6. The van der Waals surface area contributed by atoms with Crippen molar-refractivity contribution in [3.05, 3.63) is 40.3 Å². The molecule has 0 saturated carbocycles. The summed E-state index contributed by atoms with van der Waals surface area (Å²) < 4.78 is 1.74. The number of amides is 2. The minimum Gasteiger partial charge on any atom is -0.349 e. The molecule has 0 saturated heterocycles. The van der Waals surface area contributed by atoms with Crippen molar-refractivity contribution in [3.63, 3.8) is 0 Å². The summed E-state index contributed by atoms with van der Waals surface area (Å²) in [7, 11) is 0. The molecule has 0 aromatic carbocycles. The Hall–Kier alpha value is -2.15. The van der Waals surface area contributed by atoms with Gasteiger partial charge in [0.05, 0.1) is 25.3 Å². The molecule has 2 aromatic heterocycles. The van der Waals surface area contributed by atoms with Crippen LogP contribution in [-0.2, 0) is 22.7 Å². The first-order valence-electron chi connectivity index (χ1n) is 8.29. The number of unbranched alkanes of at least 4 members (excludes halogenated alkanes) is 1. The largest absolute Gasteiger partial charge is 0.349 e. The SMILES string of the molecule is CCCCC(=O)N1Cc2ccnn2[C@@H](C(=O)NCc2cccs2)C1. The van der Waals surface area contributed by atoms with E-state index in [9.17, 15) is 9.59 Å². The zero-order valence-electron chi connectivity index (χ0n) is 13.8. The predicted molar refractivity (Wildman–Crippen MR) is 92.4 cm³/mol. The van der Waals surface area contributed by atoms with E-state index in [2.05, 4.69) is 17.3 Å². The number of hydrogen-bond acceptors (Lipinski definition) is 4. The topological polar surface area (TPSA) is 67.2 Å². The van der Waals surface area contributed by atoms with Crippen molar-refractivity contribution in [2.45, 2.75) is 45.3 Å². The molecule has 24 heavy (non-hydrogen) atoms. The van der Waals surface area contributed by atoms with E-state index in [1.165, 1.54) is 0 Å². The van der Waals surface area contributed by atoms with Crippen molar-refractivity contribution in [1.82, 2.24) is 20.0 Å². The molecule has 0 fully saturated rings. The summed E-state index contributed by atoms with van der Waals surface area (Å²) in [5, 5.41) is 9.23. The van der Waals surface area contributed by atoms with Gasteiger partial charge < -0.3 is 10.2 Å². The third-order valence-electron chi connectivity index (χ3n) is 4.21. The van der Waals surface area contributed by atoms with Gasteiger partial charge >= 0.3 is 0 Å². The zero-order valence-corrected chi connectivity index (χ0v) is 14.6. The Balaban J connectivity index is 1.69. The summed E-state index contributed by atoms with van der Waals surface area (Å²) >= 11 is 1.61. The van der Waals surface area contributed by atoms with Gasteiger partial charge in [0.2, 0.25) is 11.8 Å². The summed E-state index contributed by atoms with van der Waals surface area (Å²) in [6.45, 7) is 3.48. The molecule has 0 aliphatic carbocycles. The van der Waals surface area contributed by atoms with Gasteiger partial charge in [-0.25, -0.2) is 0 Å². The molecule has 1 atom stereocenters. The van der Waals surface area contributed by atoms with Crippen LogP contribution in [0.25, 0.3) is 0 Å². The monoisotopic (exact) mass is 346 g/mol. The van der Waals surface area contributed by atoms with Crippen molar-refractivity contribution in [1.29, 1.82) is 0 Å². The molecule has 128 valence electrons. The van der Waals surface area contributed by atoms with E-state index in [0.29, 0.717) is 26.1 Å². The predicted octanol–water partition coefficient (Wildman–Crippen LogP) is 2.33. The second-order valence-electron chi connectivity index (χ2n) is 5.96. The number of rotatable bonds is 6. The van der Waals surface area contributed by atoms with E-state index < -0.39 is 6.04 Å². The van der Waals surface area contributed by atoms with Crippen molar-refractivity contribution in [3.8, 4) is 0 Å². The van der Waals surface area contributed by atoms with E-state index in [4.69, 9.17) is 0 Å². The average molecular weight is 346 g/mol. The van der Waals surface area contributed by atoms with Crippen LogP contribution in [0.1, 0.15) is 42.8 Å². The molecule has 0 bridgehead atoms. The Morgan fingerprint density at radius 1 is 1.42 bits per heavy atom. The second-order valence-corrected chi connectivity index (χ2v) is 6.99. The lowest BCUT2D eigenvalue weighted by molar-refractivity contribution is -0.135. The van der Waals surface area contributed by atoms with E-state index in [1.54, 1.807) is 27.1 Å². The normalized spacial score (nSPS) is 16.7. The highest BCUT2D eigenvalue weighted by molar-refractivity contribution is 7.09. The number of hydrogen-bond donors (Lipinski definition) is 1. The number of fused-ring (bicyclic) bond motifs is 1. The van der Waals surface area contributed by atoms with Crippen molar-refractivity contribution >= 4 is 23.2 Å². The van der Waals surface area contributed by atoms with E-state index >= 15 is 0 Å². The molecular formula is C17H22N4O2S. The highest BCUT2D eigenvalue weighted by atomic mass is 32.1. The first kappa shape index (κ1) is 16.7. The van der Waals surface area contributed by atoms with Crippen LogP contribution in [0.5, 0.6) is 0 Å². The molecule has 1 N–H and O–H groups in total. The number of aromatic nitrogens is 2. The smallest absolute Gasteiger partial charge is 0.247 e. The van der Waals surface area contributed by atoms with Crippen molar-refractivity contribution < 1.29 is 9.59 Å². The molecule has 0 unspecified atom stereocenters. The number of carbonyl (C=O) groups excluding carboxylic acids is 2. The lowest BCUT2D eigenvalue weighted by Crippen LogP contribution is -2.46. The van der Waals surface area contributed by atoms with Crippen LogP contribution < -0.4 is 5.32 Å². The fraction of sp³-hybridized carbons (Fsp3) is 0.471. The first-order chi connectivity index (χ1) is 11.7. The summed E-state index contributed by atoms with van der Waals surface area (Å²) in [4.78, 5) is 27.9. The van der Waals surface area contributed by atoms with E-state index in [-0.39, 0.29) is 11.8 Å². The molecule has 3 rings (SSSR count). The van der Waals surface area contributed by atoms with Gasteiger partial charge in [0.15, 0.2) is 0 Å². The Bertz CT molecular complexity index is 695. The van der Waals surface area contributed by atoms with Gasteiger partial charge in [0.25, 0.3) is 0 Å². The van der Waals surface area contributed by atoms with Crippen LogP contribution in [0.3, 0.4) is 0 Å². The summed E-state index contributed by atoms with van der Waals surface area (Å²) in [6, 6.07) is 5.37. The van der Waals surface area contributed by atoms with Crippen molar-refractivity contribution in [2.24, 2.45) is 0 Å². The van der Waals surface area contributed by atoms with Gasteiger partial charge in [-0.2, -0.15) is 5.10 Å². The third-order valence-corrected chi connectivity index (χ3v) is 5.09. The molecule has 6 nitrogen and oxygen atoms in total. The molecule has 1 aliphatic heterocycles. The lowest BCUT2D eigenvalue weighted by atomic mass is 10.1. The fourth-order valence-corrected chi connectivity index (χ4v) is 3.51. The Morgan fingerprint density at radius 2 is 2.29 bits per heavy atom. The van der Waals surface area contributed by atoms with E-state index in [0.717, 1.165) is 23.4 Å². The fourth-order valence-electron chi connectivity index (χ4n) is 2.87. The minimum atomic E-state index is -0.464. The minimum absolute atomic E-state index is 0.0960. The molecule has 7 heteroatoms. The van der Waals surface area contributed by atoms with Gasteiger partial charge in [0, 0.05) is 17.5 Å². The molecule has 3 heterocycles. The van der Waals surface area contributed by atoms with E-state index in [1.807, 2.05) is 23.6 Å². The summed E-state index contributed by atoms with van der Waals surface area (Å²) in [5.74, 6) is 0.0155. The highest BCUT2D eigenvalue weighted by Crippen LogP contribution is 2.22. The third kappa shape index (κ3) is 3.67. The standard InChI is InChI=1S/C17H22N4O2S/c1-2-3-6-16(22)20-11-13-7-8-19-21(13)15(12-20)17(23)18-10-14-5-4-9-24-14/h4-5,7-9,15H,2-3,6,10-12H2,1H3,(H,18,23)/t15-/m1/s1. The van der Waals surface area contributed by atoms with Crippen LogP contribution in [0.4, 0.5) is 0 Å². The Morgan fingerprint density at radius 3 is 3.04 bits per heavy atom. The number of thiophene rings is 1. The number of carbonyl (C=O) groups is 2. The van der Waals surface area contributed by atoms with Crippen LogP contribution >= 0.6 is 11.3 Å². The molecule has 2 amide bonds. The van der Waals surface area contributed by atoms with Crippen molar-refractivity contribution in [2.75, 3.05) is 6.54 Å². The lowest BCUT2D eigenvalue weighted by Gasteiger charge is -2.33. The Kier molecular flexibility index (Phi) is 5.30. The quantitative estimate of drug-likeness (QED) is 0.873. The first-order valence-corrected chi connectivity index (χ1v) is 9.17. The van der Waals surface area contributed by atoms with Crippen LogP contribution in [0.15, 0.2) is 29.8 Å². The summed E-state index contributed by atoms with van der Waals surface area (Å²) in [6.07, 6.45) is 4.09. The molecule has 2 aromatic rings. The molecule has 1 aliphatic rings. The molecule has 0 radical (unpaired) electrons. The van der Waals surface area contributed by atoms with Gasteiger partial charge in [-0.1, -0.05) is 19.4 Å². The highest BCUT2D eigenvalue weighted by Gasteiger charge is 2.32. The van der Waals surface area contributed by atoms with Crippen LogP contribution in [0, 0.1) is 0 Å². The van der Waals surface area contributed by atoms with Gasteiger partial charge in [0.1, 0.15) is 6.04 Å². The van der Waals surface area contributed by atoms with Crippen LogP contribution in [-0.4, -0.2) is 33.0 Å². The maximum atomic E-state index is 12.6. The van der Waals surface area contributed by atoms with Gasteiger partial charge in [-0.3, -0.25) is 14.3 Å². The van der Waals surface area contributed by atoms with Crippen LogP contribution in [0.2, 0.25) is 0 Å². The average Bonchev–Trinajstić information content (AvgIpc) is 3.27. The second kappa shape index (κ2) is 7.61. The zero-order chi connectivity index (χ0) is 16.9. The number of nitrogens with one attached hydrogen (secondary N) is 1. The Labute approximate surface area is 145 Å². The number of nitrogens with zero attached hydrogens (tertiary/aromatic N) is 3. The molecule has 0 spiro atoms. The summed E-state index contributed by atoms with van der Waals surface area (Å²) in [5.41, 5.74) is 0.905. The van der Waals surface area contributed by atoms with Gasteiger partial charge in [-0.05, 0) is 23.9 Å².